The van der Waals surface area contributed by atoms with Crippen LogP contribution < -0.4 is 16.0 Å². The molecule has 0 aromatic heterocycles. The zero-order valence-electron chi connectivity index (χ0n) is 13.3. The minimum absolute atomic E-state index is 0.0625. The molecule has 2 rings (SSSR count). The van der Waals surface area contributed by atoms with E-state index in [1.807, 2.05) is 37.3 Å². The maximum absolute atomic E-state index is 11.9. The summed E-state index contributed by atoms with van der Waals surface area (Å²) in [4.78, 5) is 16.3. The Kier molecular flexibility index (Phi) is 6.74. The number of carbonyl (C=O) groups excluding carboxylic acids is 1. The first-order valence-electron chi connectivity index (χ1n) is 8.13. The van der Waals surface area contributed by atoms with E-state index in [0.29, 0.717) is 12.6 Å². The molecule has 5 heteroatoms. The number of nitrogens with zero attached hydrogens (tertiary/aromatic N) is 1. The second kappa shape index (κ2) is 9.07. The van der Waals surface area contributed by atoms with E-state index in [0.717, 1.165) is 18.1 Å². The Hall–Kier alpha value is -2.04. The summed E-state index contributed by atoms with van der Waals surface area (Å²) in [6.07, 6.45) is 4.92. The van der Waals surface area contributed by atoms with Crippen LogP contribution in [0.3, 0.4) is 0 Å². The molecule has 0 unspecified atom stereocenters. The fourth-order valence-corrected chi connectivity index (χ4v) is 2.59. The molecule has 0 bridgehead atoms. The topological polar surface area (TPSA) is 65.5 Å². The van der Waals surface area contributed by atoms with Crippen LogP contribution in [0.15, 0.2) is 35.3 Å². The van der Waals surface area contributed by atoms with E-state index in [1.54, 1.807) is 0 Å². The van der Waals surface area contributed by atoms with Crippen molar-refractivity contribution in [3.8, 4) is 0 Å². The Morgan fingerprint density at radius 3 is 2.59 bits per heavy atom. The molecule has 1 aromatic carbocycles. The first-order valence-corrected chi connectivity index (χ1v) is 8.13. The molecule has 0 radical (unpaired) electrons. The van der Waals surface area contributed by atoms with Crippen molar-refractivity contribution < 1.29 is 4.79 Å². The summed E-state index contributed by atoms with van der Waals surface area (Å²) in [7, 11) is 0. The number of carbonyl (C=O) groups is 1. The molecule has 1 fully saturated rings. The Labute approximate surface area is 132 Å². The van der Waals surface area contributed by atoms with Crippen LogP contribution in [0.1, 0.15) is 38.2 Å². The van der Waals surface area contributed by atoms with Gasteiger partial charge in [0.25, 0.3) is 0 Å². The molecule has 3 N–H and O–H groups in total. The molecule has 1 aliphatic carbocycles. The van der Waals surface area contributed by atoms with Crippen LogP contribution in [-0.2, 0) is 11.3 Å². The Balaban J connectivity index is 1.77. The maximum Gasteiger partial charge on any atom is 0.242 e. The number of hydrogen-bond donors (Lipinski definition) is 3. The number of guanidine groups is 1. The third kappa shape index (κ3) is 5.76. The molecule has 5 nitrogen and oxygen atoms in total. The van der Waals surface area contributed by atoms with Gasteiger partial charge in [0.1, 0.15) is 6.54 Å². The molecule has 0 heterocycles. The van der Waals surface area contributed by atoms with Crippen LogP contribution in [-0.4, -0.2) is 31.0 Å². The van der Waals surface area contributed by atoms with Crippen LogP contribution >= 0.6 is 0 Å². The van der Waals surface area contributed by atoms with Crippen LogP contribution in [0.5, 0.6) is 0 Å². The van der Waals surface area contributed by atoms with Gasteiger partial charge in [-0.05, 0) is 25.3 Å². The predicted octanol–water partition coefficient (Wildman–Crippen LogP) is 1.80. The highest BCUT2D eigenvalue weighted by Gasteiger charge is 2.15. The summed E-state index contributed by atoms with van der Waals surface area (Å²) in [5.74, 6) is 0.678. The Morgan fingerprint density at radius 1 is 1.18 bits per heavy atom. The van der Waals surface area contributed by atoms with Gasteiger partial charge in [0.15, 0.2) is 5.96 Å². The number of rotatable bonds is 6. The van der Waals surface area contributed by atoms with Gasteiger partial charge in [-0.25, -0.2) is 4.99 Å². The van der Waals surface area contributed by atoms with Crippen molar-refractivity contribution in [2.45, 2.75) is 45.2 Å². The Morgan fingerprint density at radius 2 is 1.91 bits per heavy atom. The van der Waals surface area contributed by atoms with Gasteiger partial charge in [-0.1, -0.05) is 43.2 Å². The van der Waals surface area contributed by atoms with Gasteiger partial charge in [0.2, 0.25) is 5.91 Å². The lowest BCUT2D eigenvalue weighted by Crippen LogP contribution is -2.43. The van der Waals surface area contributed by atoms with Crippen LogP contribution in [0, 0.1) is 0 Å². The molecule has 0 spiro atoms. The number of amides is 1. The van der Waals surface area contributed by atoms with Crippen molar-refractivity contribution in [3.05, 3.63) is 35.9 Å². The summed E-state index contributed by atoms with van der Waals surface area (Å²) in [6.45, 7) is 3.52. The quantitative estimate of drug-likeness (QED) is 0.554. The van der Waals surface area contributed by atoms with Crippen molar-refractivity contribution in [1.29, 1.82) is 0 Å². The summed E-state index contributed by atoms with van der Waals surface area (Å²) in [6, 6.07) is 10.4. The molecular formula is C17H26N4O. The lowest BCUT2D eigenvalue weighted by Gasteiger charge is -2.16. The van der Waals surface area contributed by atoms with E-state index in [4.69, 9.17) is 0 Å². The number of nitrogens with one attached hydrogen (secondary N) is 3. The van der Waals surface area contributed by atoms with E-state index in [9.17, 15) is 4.79 Å². The van der Waals surface area contributed by atoms with Crippen LogP contribution in [0.2, 0.25) is 0 Å². The predicted molar refractivity (Wildman–Crippen MR) is 89.7 cm³/mol. The SMILES string of the molecule is CCNC(=NCC(=O)NCc1ccccc1)NC1CCCC1. The molecule has 0 atom stereocenters. The molecular weight excluding hydrogens is 276 g/mol. The molecule has 22 heavy (non-hydrogen) atoms. The summed E-state index contributed by atoms with van der Waals surface area (Å²) in [5.41, 5.74) is 1.09. The third-order valence-electron chi connectivity index (χ3n) is 3.75. The molecule has 1 aliphatic rings. The lowest BCUT2D eigenvalue weighted by molar-refractivity contribution is -0.119. The highest BCUT2D eigenvalue weighted by Crippen LogP contribution is 2.17. The standard InChI is InChI=1S/C17H26N4O/c1-2-18-17(21-15-10-6-7-11-15)20-13-16(22)19-12-14-8-4-3-5-9-14/h3-5,8-9,15H,2,6-7,10-13H2,1H3,(H,19,22)(H2,18,20,21). The fraction of sp³-hybridized carbons (Fsp3) is 0.529. The second-order valence-corrected chi connectivity index (χ2v) is 5.58. The largest absolute Gasteiger partial charge is 0.357 e. The first kappa shape index (κ1) is 16.3. The van der Waals surface area contributed by atoms with E-state index in [-0.39, 0.29) is 12.5 Å². The monoisotopic (exact) mass is 302 g/mol. The van der Waals surface area contributed by atoms with Crippen molar-refractivity contribution in [3.63, 3.8) is 0 Å². The van der Waals surface area contributed by atoms with Gasteiger partial charge in [-0.2, -0.15) is 0 Å². The Bertz CT molecular complexity index is 481. The van der Waals surface area contributed by atoms with Crippen LogP contribution in [0.25, 0.3) is 0 Å². The minimum atomic E-state index is -0.0625. The molecule has 1 saturated carbocycles. The van der Waals surface area contributed by atoms with E-state index >= 15 is 0 Å². The summed E-state index contributed by atoms with van der Waals surface area (Å²) in [5, 5.41) is 9.49. The zero-order valence-corrected chi connectivity index (χ0v) is 13.3. The van der Waals surface area contributed by atoms with Gasteiger partial charge in [0.05, 0.1) is 0 Å². The summed E-state index contributed by atoms with van der Waals surface area (Å²) < 4.78 is 0. The van der Waals surface area contributed by atoms with Crippen LogP contribution in [0.4, 0.5) is 0 Å². The van der Waals surface area contributed by atoms with Gasteiger partial charge in [-0.3, -0.25) is 4.79 Å². The van der Waals surface area contributed by atoms with E-state index in [1.165, 1.54) is 25.7 Å². The molecule has 0 aliphatic heterocycles. The molecule has 120 valence electrons. The van der Waals surface area contributed by atoms with E-state index < -0.39 is 0 Å². The number of hydrogen-bond acceptors (Lipinski definition) is 2. The van der Waals surface area contributed by atoms with Gasteiger partial charge in [0, 0.05) is 19.1 Å². The normalized spacial score (nSPS) is 15.6. The zero-order chi connectivity index (χ0) is 15.6. The molecule has 1 aromatic rings. The van der Waals surface area contributed by atoms with Crippen molar-refractivity contribution >= 4 is 11.9 Å². The third-order valence-corrected chi connectivity index (χ3v) is 3.75. The number of benzene rings is 1. The average molecular weight is 302 g/mol. The minimum Gasteiger partial charge on any atom is -0.357 e. The molecule has 0 saturated heterocycles. The van der Waals surface area contributed by atoms with Crippen molar-refractivity contribution in [2.75, 3.05) is 13.1 Å². The maximum atomic E-state index is 11.9. The molecule has 1 amide bonds. The lowest BCUT2D eigenvalue weighted by atomic mass is 10.2. The second-order valence-electron chi connectivity index (χ2n) is 5.58. The average Bonchev–Trinajstić information content (AvgIpc) is 3.05. The van der Waals surface area contributed by atoms with E-state index in [2.05, 4.69) is 20.9 Å². The first-order chi connectivity index (χ1) is 10.8. The van der Waals surface area contributed by atoms with Gasteiger partial charge >= 0.3 is 0 Å². The van der Waals surface area contributed by atoms with Gasteiger partial charge in [-0.15, -0.1) is 0 Å². The van der Waals surface area contributed by atoms with Crippen molar-refractivity contribution in [1.82, 2.24) is 16.0 Å². The highest BCUT2D eigenvalue weighted by molar-refractivity contribution is 5.85. The number of aliphatic imine (C=N–C) groups is 1. The van der Waals surface area contributed by atoms with Crippen molar-refractivity contribution in [2.24, 2.45) is 4.99 Å². The fourth-order valence-electron chi connectivity index (χ4n) is 2.59. The highest BCUT2D eigenvalue weighted by atomic mass is 16.1. The smallest absolute Gasteiger partial charge is 0.242 e. The van der Waals surface area contributed by atoms with Gasteiger partial charge < -0.3 is 16.0 Å². The summed E-state index contributed by atoms with van der Waals surface area (Å²) >= 11 is 0.